The number of urea groups is 2. The second-order valence-corrected chi connectivity index (χ2v) is 8.62. The summed E-state index contributed by atoms with van der Waals surface area (Å²) in [6.07, 6.45) is 0. The van der Waals surface area contributed by atoms with E-state index in [0.29, 0.717) is 45.1 Å². The molecule has 0 saturated carbocycles. The Labute approximate surface area is 185 Å². The molecule has 4 amide bonds. The smallest absolute Gasteiger partial charge is 0.321 e. The maximum absolute atomic E-state index is 13.1. The zero-order valence-electron chi connectivity index (χ0n) is 17.7. The Hall–Kier alpha value is -3.17. The van der Waals surface area contributed by atoms with Gasteiger partial charge in [-0.05, 0) is 36.4 Å². The highest BCUT2D eigenvalue weighted by molar-refractivity contribution is 5.91. The number of amides is 4. The van der Waals surface area contributed by atoms with Crippen molar-refractivity contribution in [3.8, 4) is 0 Å². The maximum atomic E-state index is 13.1. The van der Waals surface area contributed by atoms with Gasteiger partial charge in [0.1, 0.15) is 5.82 Å². The molecular formula is C23H26FN5O3. The molecule has 2 aromatic carbocycles. The Bertz CT molecular complexity index is 981. The van der Waals surface area contributed by atoms with E-state index in [1.165, 1.54) is 24.3 Å². The third kappa shape index (κ3) is 4.01. The van der Waals surface area contributed by atoms with Gasteiger partial charge in [-0.2, -0.15) is 0 Å². The number of fused-ring (bicyclic) bond motifs is 2. The molecule has 3 aliphatic heterocycles. The lowest BCUT2D eigenvalue weighted by atomic mass is 9.83. The minimum absolute atomic E-state index is 0.0985. The number of carbonyl (C=O) groups is 2. The number of hydrogen-bond donors (Lipinski definition) is 2. The van der Waals surface area contributed by atoms with Gasteiger partial charge in [-0.15, -0.1) is 0 Å². The number of morpholine rings is 1. The maximum Gasteiger partial charge on any atom is 0.321 e. The van der Waals surface area contributed by atoms with Crippen molar-refractivity contribution in [1.82, 2.24) is 14.7 Å². The topological polar surface area (TPSA) is 77.2 Å². The van der Waals surface area contributed by atoms with Crippen LogP contribution in [-0.4, -0.2) is 84.3 Å². The molecule has 32 heavy (non-hydrogen) atoms. The van der Waals surface area contributed by atoms with Gasteiger partial charge in [-0.25, -0.2) is 14.0 Å². The summed E-state index contributed by atoms with van der Waals surface area (Å²) in [6.45, 7) is 4.17. The van der Waals surface area contributed by atoms with E-state index in [2.05, 4.69) is 15.5 Å². The number of halogens is 1. The fraction of sp³-hybridized carbons (Fsp3) is 0.391. The van der Waals surface area contributed by atoms with Crippen LogP contribution < -0.4 is 10.6 Å². The molecule has 5 rings (SSSR count). The highest BCUT2D eigenvalue weighted by atomic mass is 19.1. The molecule has 3 fully saturated rings. The molecule has 3 aliphatic rings. The monoisotopic (exact) mass is 439 g/mol. The lowest BCUT2D eigenvalue weighted by Crippen LogP contribution is -2.81. The number of likely N-dealkylation sites (tertiary alicyclic amines) is 1. The number of nitrogens with zero attached hydrogens (tertiary/aromatic N) is 3. The van der Waals surface area contributed by atoms with E-state index in [1.807, 2.05) is 35.2 Å². The van der Waals surface area contributed by atoms with Crippen molar-refractivity contribution in [2.45, 2.75) is 11.6 Å². The third-order valence-electron chi connectivity index (χ3n) is 6.42. The second kappa shape index (κ2) is 8.40. The van der Waals surface area contributed by atoms with E-state index in [0.717, 1.165) is 12.2 Å². The average Bonchev–Trinajstić information content (AvgIpc) is 2.79. The number of piperazine rings is 1. The van der Waals surface area contributed by atoms with Crippen LogP contribution in [0.5, 0.6) is 0 Å². The fourth-order valence-corrected chi connectivity index (χ4v) is 4.90. The van der Waals surface area contributed by atoms with Crippen LogP contribution >= 0.6 is 0 Å². The van der Waals surface area contributed by atoms with E-state index < -0.39 is 0 Å². The van der Waals surface area contributed by atoms with Crippen LogP contribution in [-0.2, 0) is 4.74 Å². The molecule has 8 nitrogen and oxygen atoms in total. The van der Waals surface area contributed by atoms with Crippen molar-refractivity contribution in [2.75, 3.05) is 56.6 Å². The number of nitrogens with one attached hydrogen (secondary N) is 2. The van der Waals surface area contributed by atoms with Gasteiger partial charge in [0, 0.05) is 44.1 Å². The minimum atomic E-state index is -0.347. The number of rotatable bonds is 2. The van der Waals surface area contributed by atoms with Crippen molar-refractivity contribution in [3.05, 3.63) is 60.4 Å². The van der Waals surface area contributed by atoms with Crippen LogP contribution in [0.2, 0.25) is 0 Å². The lowest BCUT2D eigenvalue weighted by molar-refractivity contribution is -0.145. The van der Waals surface area contributed by atoms with E-state index in [9.17, 15) is 14.0 Å². The lowest BCUT2D eigenvalue weighted by Gasteiger charge is -2.62. The minimum Gasteiger partial charge on any atom is -0.378 e. The third-order valence-corrected chi connectivity index (χ3v) is 6.42. The molecule has 0 bridgehead atoms. The van der Waals surface area contributed by atoms with Gasteiger partial charge in [-0.3, -0.25) is 4.90 Å². The molecule has 1 spiro atoms. The largest absolute Gasteiger partial charge is 0.378 e. The zero-order valence-corrected chi connectivity index (χ0v) is 17.7. The van der Waals surface area contributed by atoms with Crippen molar-refractivity contribution in [3.63, 3.8) is 0 Å². The molecule has 0 aromatic heterocycles. The molecule has 0 aliphatic carbocycles. The fourth-order valence-electron chi connectivity index (χ4n) is 4.90. The number of benzene rings is 2. The summed E-state index contributed by atoms with van der Waals surface area (Å²) >= 11 is 0. The van der Waals surface area contributed by atoms with Crippen LogP contribution in [0.4, 0.5) is 25.4 Å². The van der Waals surface area contributed by atoms with Crippen molar-refractivity contribution >= 4 is 23.4 Å². The molecule has 2 N–H and O–H groups in total. The first-order chi connectivity index (χ1) is 15.5. The van der Waals surface area contributed by atoms with Crippen LogP contribution in [0, 0.1) is 5.82 Å². The van der Waals surface area contributed by atoms with E-state index in [-0.39, 0.29) is 29.5 Å². The Balaban J connectivity index is 1.27. The van der Waals surface area contributed by atoms with Gasteiger partial charge in [-0.1, -0.05) is 18.2 Å². The summed E-state index contributed by atoms with van der Waals surface area (Å²) in [7, 11) is 0. The summed E-state index contributed by atoms with van der Waals surface area (Å²) in [4.78, 5) is 31.7. The number of carbonyl (C=O) groups excluding carboxylic acids is 2. The summed E-state index contributed by atoms with van der Waals surface area (Å²) < 4.78 is 18.8. The van der Waals surface area contributed by atoms with Crippen LogP contribution in [0.1, 0.15) is 0 Å². The zero-order chi connectivity index (χ0) is 22.1. The van der Waals surface area contributed by atoms with Crippen LogP contribution in [0.3, 0.4) is 0 Å². The van der Waals surface area contributed by atoms with E-state index in [4.69, 9.17) is 4.74 Å². The predicted molar refractivity (Wildman–Crippen MR) is 118 cm³/mol. The summed E-state index contributed by atoms with van der Waals surface area (Å²) in [6, 6.07) is 14.8. The first kappa shape index (κ1) is 20.7. The molecule has 1 atom stereocenters. The highest BCUT2D eigenvalue weighted by Gasteiger charge is 2.56. The van der Waals surface area contributed by atoms with E-state index >= 15 is 0 Å². The normalized spacial score (nSPS) is 22.1. The van der Waals surface area contributed by atoms with Crippen molar-refractivity contribution < 1.29 is 18.7 Å². The van der Waals surface area contributed by atoms with Gasteiger partial charge in [0.2, 0.25) is 0 Å². The summed E-state index contributed by atoms with van der Waals surface area (Å²) in [5.74, 6) is -0.347. The quantitative estimate of drug-likeness (QED) is 0.754. The van der Waals surface area contributed by atoms with E-state index in [1.54, 1.807) is 4.90 Å². The summed E-state index contributed by atoms with van der Waals surface area (Å²) in [5.41, 5.74) is 1.01. The number of anilines is 2. The molecule has 2 aromatic rings. The SMILES string of the molecule is O=C(Nc1ccccc1)N1C[C@@H]2COCCN2C2(C1)CN(C(=O)Nc1ccc(F)cc1)C2. The van der Waals surface area contributed by atoms with Gasteiger partial charge >= 0.3 is 12.1 Å². The Morgan fingerprint density at radius 1 is 0.906 bits per heavy atom. The first-order valence-corrected chi connectivity index (χ1v) is 10.8. The van der Waals surface area contributed by atoms with Crippen LogP contribution in [0.25, 0.3) is 0 Å². The molecule has 168 valence electrons. The van der Waals surface area contributed by atoms with Gasteiger partial charge in [0.25, 0.3) is 0 Å². The molecule has 3 heterocycles. The molecule has 9 heteroatoms. The number of para-hydroxylation sites is 1. The molecule has 3 saturated heterocycles. The van der Waals surface area contributed by atoms with Gasteiger partial charge < -0.3 is 25.2 Å². The Morgan fingerprint density at radius 3 is 2.25 bits per heavy atom. The Morgan fingerprint density at radius 2 is 1.53 bits per heavy atom. The standard InChI is InChI=1S/C23H26FN5O3/c24-17-6-8-19(9-7-17)26-22(31)28-15-23(16-28)14-27(12-20-13-32-11-10-29(20)23)21(30)25-18-4-2-1-3-5-18/h1-9,20H,10-16H2,(H,25,30)(H,26,31)/t20-/m1/s1. The molecule has 0 unspecified atom stereocenters. The first-order valence-electron chi connectivity index (χ1n) is 10.8. The molecular weight excluding hydrogens is 413 g/mol. The Kier molecular flexibility index (Phi) is 5.44. The summed E-state index contributed by atoms with van der Waals surface area (Å²) in [5, 5.41) is 5.78. The number of hydrogen-bond acceptors (Lipinski definition) is 4. The van der Waals surface area contributed by atoms with Crippen molar-refractivity contribution in [1.29, 1.82) is 0 Å². The van der Waals surface area contributed by atoms with Crippen LogP contribution in [0.15, 0.2) is 54.6 Å². The second-order valence-electron chi connectivity index (χ2n) is 8.62. The van der Waals surface area contributed by atoms with Gasteiger partial charge in [0.05, 0.1) is 24.8 Å². The highest BCUT2D eigenvalue weighted by Crippen LogP contribution is 2.36. The predicted octanol–water partition coefficient (Wildman–Crippen LogP) is 2.66. The molecule has 0 radical (unpaired) electrons. The van der Waals surface area contributed by atoms with Crippen molar-refractivity contribution in [2.24, 2.45) is 0 Å². The van der Waals surface area contributed by atoms with Gasteiger partial charge in [0.15, 0.2) is 0 Å². The number of ether oxygens (including phenoxy) is 1. The average molecular weight is 439 g/mol.